The van der Waals surface area contributed by atoms with E-state index in [-0.39, 0.29) is 30.2 Å². The van der Waals surface area contributed by atoms with Crippen molar-refractivity contribution in [2.24, 2.45) is 11.7 Å². The first kappa shape index (κ1) is 21.3. The van der Waals surface area contributed by atoms with E-state index in [0.29, 0.717) is 44.0 Å². The van der Waals surface area contributed by atoms with Crippen LogP contribution >= 0.6 is 11.3 Å². The summed E-state index contributed by atoms with van der Waals surface area (Å²) < 4.78 is 1.10. The van der Waals surface area contributed by atoms with Gasteiger partial charge in [-0.3, -0.25) is 14.4 Å². The fraction of sp³-hybridized carbons (Fsp3) is 0.476. The van der Waals surface area contributed by atoms with Gasteiger partial charge in [0.25, 0.3) is 5.91 Å². The first-order valence-electron chi connectivity index (χ1n) is 10.0. The normalized spacial score (nSPS) is 15.4. The van der Waals surface area contributed by atoms with E-state index in [9.17, 15) is 14.4 Å². The number of nitrogens with zero attached hydrogens (tertiary/aromatic N) is 2. The van der Waals surface area contributed by atoms with Crippen molar-refractivity contribution in [1.29, 1.82) is 0 Å². The fourth-order valence-electron chi connectivity index (χ4n) is 3.48. The number of hydrogen-bond donors (Lipinski definition) is 2. The monoisotopic (exact) mass is 416 g/mol. The van der Waals surface area contributed by atoms with E-state index in [1.807, 2.05) is 42.2 Å². The first-order chi connectivity index (χ1) is 14.0. The number of nitrogens with one attached hydrogen (secondary N) is 1. The second-order valence-corrected chi connectivity index (χ2v) is 8.55. The Hall–Kier alpha value is -2.45. The van der Waals surface area contributed by atoms with Gasteiger partial charge in [-0.1, -0.05) is 25.1 Å². The maximum atomic E-state index is 12.5. The van der Waals surface area contributed by atoms with E-state index in [4.69, 9.17) is 5.73 Å². The zero-order valence-electron chi connectivity index (χ0n) is 16.7. The molecule has 1 aliphatic rings. The molecule has 3 amide bonds. The number of thiophene rings is 1. The third-order valence-electron chi connectivity index (χ3n) is 5.25. The van der Waals surface area contributed by atoms with Gasteiger partial charge in [0.05, 0.1) is 11.4 Å². The molecule has 1 aromatic carbocycles. The highest BCUT2D eigenvalue weighted by atomic mass is 32.1. The van der Waals surface area contributed by atoms with Crippen LogP contribution in [0.25, 0.3) is 10.1 Å². The summed E-state index contributed by atoms with van der Waals surface area (Å²) in [4.78, 5) is 40.7. The van der Waals surface area contributed by atoms with Crippen LogP contribution in [0.2, 0.25) is 0 Å². The van der Waals surface area contributed by atoms with Gasteiger partial charge in [-0.2, -0.15) is 0 Å². The Labute approximate surface area is 174 Å². The van der Waals surface area contributed by atoms with Crippen LogP contribution < -0.4 is 11.1 Å². The van der Waals surface area contributed by atoms with Gasteiger partial charge in [0.2, 0.25) is 11.8 Å². The Bertz CT molecular complexity index is 841. The molecule has 0 spiro atoms. The van der Waals surface area contributed by atoms with Crippen molar-refractivity contribution in [2.75, 3.05) is 39.3 Å². The van der Waals surface area contributed by atoms with Crippen molar-refractivity contribution in [3.63, 3.8) is 0 Å². The highest BCUT2D eigenvalue weighted by molar-refractivity contribution is 7.20. The Morgan fingerprint density at radius 1 is 1.10 bits per heavy atom. The van der Waals surface area contributed by atoms with Crippen molar-refractivity contribution in [2.45, 2.75) is 19.8 Å². The molecule has 29 heavy (non-hydrogen) atoms. The summed E-state index contributed by atoms with van der Waals surface area (Å²) in [5.74, 6) is 0.146. The number of amides is 3. The summed E-state index contributed by atoms with van der Waals surface area (Å²) in [6, 6.07) is 9.86. The molecule has 3 rings (SSSR count). The lowest BCUT2D eigenvalue weighted by molar-refractivity contribution is -0.139. The van der Waals surface area contributed by atoms with Gasteiger partial charge >= 0.3 is 0 Å². The molecular weight excluding hydrogens is 388 g/mol. The second kappa shape index (κ2) is 9.84. The fourth-order valence-corrected chi connectivity index (χ4v) is 4.46. The van der Waals surface area contributed by atoms with Crippen LogP contribution in [-0.4, -0.2) is 66.8 Å². The summed E-state index contributed by atoms with van der Waals surface area (Å²) >= 11 is 1.49. The molecule has 1 aromatic heterocycles. The van der Waals surface area contributed by atoms with E-state index >= 15 is 0 Å². The average Bonchev–Trinajstić information content (AvgIpc) is 3.17. The molecule has 3 N–H and O–H groups in total. The van der Waals surface area contributed by atoms with E-state index < -0.39 is 0 Å². The molecular formula is C21H28N4O3S. The second-order valence-electron chi connectivity index (χ2n) is 7.47. The van der Waals surface area contributed by atoms with Crippen LogP contribution in [0.4, 0.5) is 0 Å². The SMILES string of the molecule is CC(CCNC(=O)c1cc2ccccc2s1)CC(=O)N1CCN(C(=O)CN)CC1. The predicted molar refractivity (Wildman–Crippen MR) is 115 cm³/mol. The van der Waals surface area contributed by atoms with Gasteiger partial charge in [-0.25, -0.2) is 0 Å². The van der Waals surface area contributed by atoms with Crippen molar-refractivity contribution in [3.05, 3.63) is 35.2 Å². The van der Waals surface area contributed by atoms with Crippen LogP contribution in [0.3, 0.4) is 0 Å². The third-order valence-corrected chi connectivity index (χ3v) is 6.37. The van der Waals surface area contributed by atoms with Crippen LogP contribution in [0.15, 0.2) is 30.3 Å². The number of piperazine rings is 1. The van der Waals surface area contributed by atoms with Gasteiger partial charge < -0.3 is 20.9 Å². The largest absolute Gasteiger partial charge is 0.351 e. The van der Waals surface area contributed by atoms with Gasteiger partial charge in [0.1, 0.15) is 0 Å². The van der Waals surface area contributed by atoms with E-state index in [1.165, 1.54) is 11.3 Å². The smallest absolute Gasteiger partial charge is 0.261 e. The molecule has 2 heterocycles. The van der Waals surface area contributed by atoms with E-state index in [2.05, 4.69) is 5.32 Å². The molecule has 1 aliphatic heterocycles. The molecule has 1 unspecified atom stereocenters. The molecule has 156 valence electrons. The Morgan fingerprint density at radius 3 is 2.41 bits per heavy atom. The highest BCUT2D eigenvalue weighted by Gasteiger charge is 2.24. The molecule has 0 aliphatic carbocycles. The number of carbonyl (C=O) groups excluding carboxylic acids is 3. The summed E-state index contributed by atoms with van der Waals surface area (Å²) in [5.41, 5.74) is 5.39. The number of fused-ring (bicyclic) bond motifs is 1. The number of rotatable bonds is 7. The summed E-state index contributed by atoms with van der Waals surface area (Å²) in [6.45, 7) is 4.78. The molecule has 2 aromatic rings. The van der Waals surface area contributed by atoms with E-state index in [1.54, 1.807) is 4.90 Å². The molecule has 1 atom stereocenters. The molecule has 1 saturated heterocycles. The van der Waals surface area contributed by atoms with Gasteiger partial charge in [-0.15, -0.1) is 11.3 Å². The van der Waals surface area contributed by atoms with Crippen molar-refractivity contribution >= 4 is 39.1 Å². The number of carbonyl (C=O) groups is 3. The lowest BCUT2D eigenvalue weighted by Gasteiger charge is -2.35. The lowest BCUT2D eigenvalue weighted by Crippen LogP contribution is -2.52. The quantitative estimate of drug-likeness (QED) is 0.718. The Balaban J connectivity index is 1.38. The van der Waals surface area contributed by atoms with Crippen LogP contribution in [0, 0.1) is 5.92 Å². The lowest BCUT2D eigenvalue weighted by atomic mass is 10.0. The summed E-state index contributed by atoms with van der Waals surface area (Å²) in [5, 5.41) is 4.04. The third kappa shape index (κ3) is 5.55. The minimum Gasteiger partial charge on any atom is -0.351 e. The molecule has 8 heteroatoms. The molecule has 1 fully saturated rings. The zero-order valence-corrected chi connectivity index (χ0v) is 17.5. The maximum Gasteiger partial charge on any atom is 0.261 e. The first-order valence-corrected chi connectivity index (χ1v) is 10.8. The molecule has 0 bridgehead atoms. The Morgan fingerprint density at radius 2 is 1.76 bits per heavy atom. The maximum absolute atomic E-state index is 12.5. The van der Waals surface area contributed by atoms with Gasteiger partial charge in [0.15, 0.2) is 0 Å². The standard InChI is InChI=1S/C21H28N4O3S/c1-15(12-19(26)24-8-10-25(11-9-24)20(27)14-22)6-7-23-21(28)18-13-16-4-2-3-5-17(16)29-18/h2-5,13,15H,6-12,14,22H2,1H3,(H,23,28). The number of nitrogens with two attached hydrogens (primary N) is 1. The van der Waals surface area contributed by atoms with Crippen molar-refractivity contribution in [1.82, 2.24) is 15.1 Å². The number of benzene rings is 1. The van der Waals surface area contributed by atoms with Crippen LogP contribution in [0.1, 0.15) is 29.4 Å². The highest BCUT2D eigenvalue weighted by Crippen LogP contribution is 2.25. The summed E-state index contributed by atoms with van der Waals surface area (Å²) in [6.07, 6.45) is 1.19. The van der Waals surface area contributed by atoms with Crippen molar-refractivity contribution in [3.8, 4) is 0 Å². The van der Waals surface area contributed by atoms with Gasteiger partial charge in [-0.05, 0) is 29.9 Å². The minimum atomic E-state index is -0.0696. The average molecular weight is 417 g/mol. The molecule has 0 saturated carbocycles. The van der Waals surface area contributed by atoms with Crippen LogP contribution in [0.5, 0.6) is 0 Å². The van der Waals surface area contributed by atoms with Crippen LogP contribution in [-0.2, 0) is 9.59 Å². The van der Waals surface area contributed by atoms with Crippen molar-refractivity contribution < 1.29 is 14.4 Å². The molecule has 7 nitrogen and oxygen atoms in total. The summed E-state index contributed by atoms with van der Waals surface area (Å²) in [7, 11) is 0. The molecule has 0 radical (unpaired) electrons. The van der Waals surface area contributed by atoms with E-state index in [0.717, 1.165) is 16.5 Å². The van der Waals surface area contributed by atoms with Gasteiger partial charge in [0, 0.05) is 43.8 Å². The Kier molecular flexibility index (Phi) is 7.22. The minimum absolute atomic E-state index is 0.0121. The predicted octanol–water partition coefficient (Wildman–Crippen LogP) is 1.68. The number of hydrogen-bond acceptors (Lipinski definition) is 5. The topological polar surface area (TPSA) is 95.7 Å². The zero-order chi connectivity index (χ0) is 20.8.